The van der Waals surface area contributed by atoms with Crippen LogP contribution in [0, 0.1) is 0 Å². The third-order valence-corrected chi connectivity index (χ3v) is 3.85. The zero-order valence-electron chi connectivity index (χ0n) is 12.7. The van der Waals surface area contributed by atoms with Crippen molar-refractivity contribution < 1.29 is 9.53 Å². The van der Waals surface area contributed by atoms with Gasteiger partial charge in [-0.2, -0.15) is 0 Å². The van der Waals surface area contributed by atoms with Crippen LogP contribution < -0.4 is 4.74 Å². The fraction of sp³-hybridized carbons (Fsp3) is 0.412. The summed E-state index contributed by atoms with van der Waals surface area (Å²) in [6.07, 6.45) is 2.21. The number of methoxy groups -OCH3 is 1. The number of carbonyl (C=O) groups is 1. The van der Waals surface area contributed by atoms with Crippen LogP contribution in [0.2, 0.25) is 0 Å². The van der Waals surface area contributed by atoms with Crippen molar-refractivity contribution in [1.82, 2.24) is 9.88 Å². The number of carbonyl (C=O) groups excluding carboxylic acids is 1. The Morgan fingerprint density at radius 1 is 1.29 bits per heavy atom. The summed E-state index contributed by atoms with van der Waals surface area (Å²) in [6.45, 7) is 4.12. The summed E-state index contributed by atoms with van der Waals surface area (Å²) in [4.78, 5) is 19.1. The van der Waals surface area contributed by atoms with Gasteiger partial charge in [0.1, 0.15) is 11.4 Å². The van der Waals surface area contributed by atoms with Gasteiger partial charge in [0.05, 0.1) is 12.6 Å². The van der Waals surface area contributed by atoms with Crippen molar-refractivity contribution in [3.05, 3.63) is 36.0 Å². The molecule has 0 unspecified atom stereocenters. The minimum absolute atomic E-state index is 0.0326. The first kappa shape index (κ1) is 13.9. The van der Waals surface area contributed by atoms with Gasteiger partial charge in [-0.1, -0.05) is 6.07 Å². The van der Waals surface area contributed by atoms with Gasteiger partial charge in [0.15, 0.2) is 0 Å². The molecule has 3 rings (SSSR count). The summed E-state index contributed by atoms with van der Waals surface area (Å²) < 4.78 is 5.21. The minimum atomic E-state index is 0.0326. The Labute approximate surface area is 124 Å². The van der Waals surface area contributed by atoms with Gasteiger partial charge in [-0.25, -0.2) is 4.98 Å². The molecule has 1 fully saturated rings. The second-order valence-electron chi connectivity index (χ2n) is 5.79. The Balaban J connectivity index is 1.94. The summed E-state index contributed by atoms with van der Waals surface area (Å²) in [5, 5.41) is 0.980. The molecule has 0 saturated heterocycles. The predicted molar refractivity (Wildman–Crippen MR) is 82.6 cm³/mol. The van der Waals surface area contributed by atoms with Crippen molar-refractivity contribution >= 4 is 16.8 Å². The number of benzene rings is 1. The lowest BCUT2D eigenvalue weighted by atomic mass is 10.1. The van der Waals surface area contributed by atoms with E-state index in [4.69, 9.17) is 4.74 Å². The fourth-order valence-electron chi connectivity index (χ4n) is 2.66. The molecule has 1 amide bonds. The van der Waals surface area contributed by atoms with E-state index >= 15 is 0 Å². The van der Waals surface area contributed by atoms with Gasteiger partial charge in [0, 0.05) is 17.5 Å². The summed E-state index contributed by atoms with van der Waals surface area (Å²) in [5.74, 6) is 0.829. The quantitative estimate of drug-likeness (QED) is 0.865. The third-order valence-electron chi connectivity index (χ3n) is 3.85. The molecule has 0 spiro atoms. The Kier molecular flexibility index (Phi) is 3.53. The average molecular weight is 284 g/mol. The maximum Gasteiger partial charge on any atom is 0.272 e. The third kappa shape index (κ3) is 2.71. The van der Waals surface area contributed by atoms with Gasteiger partial charge < -0.3 is 9.64 Å². The number of pyridine rings is 1. The molecule has 0 bridgehead atoms. The highest BCUT2D eigenvalue weighted by molar-refractivity contribution is 5.95. The van der Waals surface area contributed by atoms with Gasteiger partial charge in [-0.05, 0) is 51.0 Å². The molecule has 21 heavy (non-hydrogen) atoms. The molecule has 0 N–H and O–H groups in total. The number of hydrogen-bond donors (Lipinski definition) is 0. The molecule has 110 valence electrons. The van der Waals surface area contributed by atoms with Crippen molar-refractivity contribution in [1.29, 1.82) is 0 Å². The number of hydrogen-bond acceptors (Lipinski definition) is 3. The number of ether oxygens (including phenoxy) is 1. The molecule has 0 atom stereocenters. The van der Waals surface area contributed by atoms with E-state index in [2.05, 4.69) is 18.8 Å². The van der Waals surface area contributed by atoms with E-state index < -0.39 is 0 Å². The normalized spacial score (nSPS) is 14.5. The number of amides is 1. The molecule has 1 aromatic heterocycles. The van der Waals surface area contributed by atoms with E-state index in [1.54, 1.807) is 7.11 Å². The zero-order valence-corrected chi connectivity index (χ0v) is 12.7. The van der Waals surface area contributed by atoms with E-state index in [0.29, 0.717) is 11.7 Å². The van der Waals surface area contributed by atoms with Gasteiger partial charge in [0.25, 0.3) is 5.91 Å². The van der Waals surface area contributed by atoms with E-state index in [1.165, 1.54) is 0 Å². The molecule has 0 radical (unpaired) electrons. The van der Waals surface area contributed by atoms with Gasteiger partial charge in [-0.3, -0.25) is 4.79 Å². The minimum Gasteiger partial charge on any atom is -0.497 e. The first-order chi connectivity index (χ1) is 10.1. The van der Waals surface area contributed by atoms with Crippen molar-refractivity contribution in [3.8, 4) is 5.75 Å². The largest absolute Gasteiger partial charge is 0.497 e. The molecule has 1 aromatic carbocycles. The van der Waals surface area contributed by atoms with Crippen LogP contribution in [-0.4, -0.2) is 35.0 Å². The van der Waals surface area contributed by atoms with Crippen molar-refractivity contribution in [3.63, 3.8) is 0 Å². The van der Waals surface area contributed by atoms with Crippen LogP contribution >= 0.6 is 0 Å². The maximum atomic E-state index is 12.7. The van der Waals surface area contributed by atoms with Crippen LogP contribution in [-0.2, 0) is 0 Å². The predicted octanol–water partition coefficient (Wildman–Crippen LogP) is 3.26. The second kappa shape index (κ2) is 5.35. The number of aromatic nitrogens is 1. The number of fused-ring (bicyclic) bond motifs is 1. The molecular formula is C17H20N2O2. The van der Waals surface area contributed by atoms with Crippen molar-refractivity contribution in [2.45, 2.75) is 38.8 Å². The highest BCUT2D eigenvalue weighted by Crippen LogP contribution is 2.30. The molecule has 1 aliphatic rings. The molecule has 1 saturated carbocycles. The second-order valence-corrected chi connectivity index (χ2v) is 5.79. The molecule has 1 heterocycles. The molecule has 2 aromatic rings. The fourth-order valence-corrected chi connectivity index (χ4v) is 2.66. The standard InChI is InChI=1S/C17H20N2O2/c1-11(2)19(13-5-6-13)17(20)16-8-4-12-10-14(21-3)7-9-15(12)18-16/h4,7-11,13H,5-6H2,1-3H3. The maximum absolute atomic E-state index is 12.7. The number of rotatable bonds is 4. The van der Waals surface area contributed by atoms with E-state index in [1.807, 2.05) is 35.2 Å². The first-order valence-electron chi connectivity index (χ1n) is 7.37. The van der Waals surface area contributed by atoms with E-state index in [9.17, 15) is 4.79 Å². The molecule has 0 aliphatic heterocycles. The molecule has 1 aliphatic carbocycles. The summed E-state index contributed by atoms with van der Waals surface area (Å²) in [6, 6.07) is 10.0. The highest BCUT2D eigenvalue weighted by Gasteiger charge is 2.35. The van der Waals surface area contributed by atoms with Crippen LogP contribution in [0.15, 0.2) is 30.3 Å². The summed E-state index contributed by atoms with van der Waals surface area (Å²) in [5.41, 5.74) is 1.34. The highest BCUT2D eigenvalue weighted by atomic mass is 16.5. The van der Waals surface area contributed by atoms with Crippen LogP contribution in [0.1, 0.15) is 37.2 Å². The molecule has 4 heteroatoms. The Hall–Kier alpha value is -2.10. The topological polar surface area (TPSA) is 42.4 Å². The van der Waals surface area contributed by atoms with E-state index in [-0.39, 0.29) is 11.9 Å². The Morgan fingerprint density at radius 3 is 2.67 bits per heavy atom. The number of nitrogens with zero attached hydrogens (tertiary/aromatic N) is 2. The average Bonchev–Trinajstić information content (AvgIpc) is 3.30. The monoisotopic (exact) mass is 284 g/mol. The summed E-state index contributed by atoms with van der Waals surface area (Å²) >= 11 is 0. The molecule has 4 nitrogen and oxygen atoms in total. The van der Waals surface area contributed by atoms with Crippen LogP contribution in [0.5, 0.6) is 5.75 Å². The van der Waals surface area contributed by atoms with Crippen LogP contribution in [0.4, 0.5) is 0 Å². The van der Waals surface area contributed by atoms with Crippen molar-refractivity contribution in [2.75, 3.05) is 7.11 Å². The summed E-state index contributed by atoms with van der Waals surface area (Å²) in [7, 11) is 1.64. The zero-order chi connectivity index (χ0) is 15.0. The molecular weight excluding hydrogens is 264 g/mol. The lowest BCUT2D eigenvalue weighted by molar-refractivity contribution is 0.0684. The van der Waals surface area contributed by atoms with E-state index in [0.717, 1.165) is 29.5 Å². The van der Waals surface area contributed by atoms with Gasteiger partial charge >= 0.3 is 0 Å². The van der Waals surface area contributed by atoms with Crippen LogP contribution in [0.3, 0.4) is 0 Å². The van der Waals surface area contributed by atoms with Crippen molar-refractivity contribution in [2.24, 2.45) is 0 Å². The smallest absolute Gasteiger partial charge is 0.272 e. The first-order valence-corrected chi connectivity index (χ1v) is 7.37. The lowest BCUT2D eigenvalue weighted by Crippen LogP contribution is -2.39. The Morgan fingerprint density at radius 2 is 2.05 bits per heavy atom. The van der Waals surface area contributed by atoms with Gasteiger partial charge in [0.2, 0.25) is 0 Å². The Bertz CT molecular complexity index is 676. The lowest BCUT2D eigenvalue weighted by Gasteiger charge is -2.26. The van der Waals surface area contributed by atoms with Crippen LogP contribution in [0.25, 0.3) is 10.9 Å². The SMILES string of the molecule is COc1ccc2nc(C(=O)N(C(C)C)C3CC3)ccc2c1. The van der Waals surface area contributed by atoms with Gasteiger partial charge in [-0.15, -0.1) is 0 Å².